The first kappa shape index (κ1) is 14.7. The molecule has 0 aromatic rings. The molecule has 2 aliphatic rings. The van der Waals surface area contributed by atoms with Gasteiger partial charge in [-0.2, -0.15) is 0 Å². The normalized spacial score (nSPS) is 28.6. The molecule has 2 heterocycles. The molecule has 2 rings (SSSR count). The van der Waals surface area contributed by atoms with Crippen molar-refractivity contribution in [2.75, 3.05) is 25.5 Å². The molecule has 1 N–H and O–H groups in total. The predicted octanol–water partition coefficient (Wildman–Crippen LogP) is -0.0484. The van der Waals surface area contributed by atoms with Crippen molar-refractivity contribution in [2.45, 2.75) is 38.8 Å². The molecular formula is C12H22N2O4S. The van der Waals surface area contributed by atoms with Gasteiger partial charge in [0, 0.05) is 31.7 Å². The van der Waals surface area contributed by atoms with Crippen LogP contribution in [0.15, 0.2) is 0 Å². The maximum absolute atomic E-state index is 12.0. The van der Waals surface area contributed by atoms with E-state index in [0.29, 0.717) is 19.8 Å². The second-order valence-electron chi connectivity index (χ2n) is 5.67. The van der Waals surface area contributed by atoms with Gasteiger partial charge in [-0.3, -0.25) is 4.79 Å². The fraction of sp³-hybridized carbons (Fsp3) is 0.917. The zero-order valence-corrected chi connectivity index (χ0v) is 12.3. The molecule has 2 saturated heterocycles. The molecule has 0 aliphatic carbocycles. The average Bonchev–Trinajstić information content (AvgIpc) is 2.86. The van der Waals surface area contributed by atoms with Crippen LogP contribution in [0, 0.1) is 5.92 Å². The van der Waals surface area contributed by atoms with Crippen LogP contribution in [0.2, 0.25) is 0 Å². The Labute approximate surface area is 114 Å². The van der Waals surface area contributed by atoms with Crippen LogP contribution in [-0.4, -0.2) is 56.8 Å². The fourth-order valence-corrected chi connectivity index (χ4v) is 4.28. The Morgan fingerprint density at radius 1 is 1.47 bits per heavy atom. The van der Waals surface area contributed by atoms with Crippen LogP contribution in [-0.2, 0) is 19.6 Å². The maximum Gasteiger partial charge on any atom is 0.224 e. The summed E-state index contributed by atoms with van der Waals surface area (Å²) in [5.74, 6) is 0.196. The Morgan fingerprint density at radius 3 is 2.74 bits per heavy atom. The fourth-order valence-electron chi connectivity index (χ4n) is 2.64. The molecule has 2 fully saturated rings. The smallest absolute Gasteiger partial charge is 0.224 e. The van der Waals surface area contributed by atoms with E-state index in [1.807, 2.05) is 13.8 Å². The van der Waals surface area contributed by atoms with Gasteiger partial charge in [0.25, 0.3) is 0 Å². The Balaban J connectivity index is 1.88. The summed E-state index contributed by atoms with van der Waals surface area (Å²) in [7, 11) is -3.33. The Bertz CT molecular complexity index is 429. The molecule has 7 heteroatoms. The molecule has 0 aromatic heterocycles. The number of carbonyl (C=O) groups is 1. The van der Waals surface area contributed by atoms with E-state index in [1.54, 1.807) is 4.90 Å². The quantitative estimate of drug-likeness (QED) is 0.770. The van der Waals surface area contributed by atoms with Crippen molar-refractivity contribution in [3.05, 3.63) is 0 Å². The van der Waals surface area contributed by atoms with Gasteiger partial charge in [0.15, 0.2) is 0 Å². The van der Waals surface area contributed by atoms with Crippen molar-refractivity contribution >= 4 is 15.9 Å². The Morgan fingerprint density at radius 2 is 2.21 bits per heavy atom. The van der Waals surface area contributed by atoms with Gasteiger partial charge in [-0.05, 0) is 26.2 Å². The van der Waals surface area contributed by atoms with Crippen molar-refractivity contribution in [1.29, 1.82) is 0 Å². The first-order valence-corrected chi connectivity index (χ1v) is 8.40. The van der Waals surface area contributed by atoms with Crippen LogP contribution in [0.3, 0.4) is 0 Å². The lowest BCUT2D eigenvalue weighted by molar-refractivity contribution is -0.129. The van der Waals surface area contributed by atoms with Crippen LogP contribution in [0.25, 0.3) is 0 Å². The summed E-state index contributed by atoms with van der Waals surface area (Å²) in [6.45, 7) is 5.50. The first-order valence-electron chi connectivity index (χ1n) is 6.74. The van der Waals surface area contributed by atoms with E-state index in [1.165, 1.54) is 0 Å². The first-order chi connectivity index (χ1) is 8.87. The summed E-state index contributed by atoms with van der Waals surface area (Å²) in [6, 6.07) is -0.174. The Kier molecular flexibility index (Phi) is 4.47. The number of ether oxygens (including phenoxy) is 1. The minimum absolute atomic E-state index is 0.0203. The summed E-state index contributed by atoms with van der Waals surface area (Å²) in [4.78, 5) is 13.4. The lowest BCUT2D eigenvalue weighted by Crippen LogP contribution is -2.40. The van der Waals surface area contributed by atoms with Crippen molar-refractivity contribution < 1.29 is 17.9 Å². The highest BCUT2D eigenvalue weighted by atomic mass is 32.2. The predicted molar refractivity (Wildman–Crippen MR) is 71.1 cm³/mol. The number of hydrogen-bond donors (Lipinski definition) is 1. The molecule has 2 atom stereocenters. The van der Waals surface area contributed by atoms with E-state index in [0.717, 1.165) is 6.42 Å². The molecule has 2 aliphatic heterocycles. The van der Waals surface area contributed by atoms with Gasteiger partial charge in [0.1, 0.15) is 0 Å². The number of amides is 1. The van der Waals surface area contributed by atoms with Crippen molar-refractivity contribution in [2.24, 2.45) is 5.92 Å². The number of carbonyl (C=O) groups excluding carboxylic acids is 1. The van der Waals surface area contributed by atoms with Crippen LogP contribution >= 0.6 is 0 Å². The van der Waals surface area contributed by atoms with Gasteiger partial charge in [0.05, 0.1) is 12.4 Å². The van der Waals surface area contributed by atoms with Gasteiger partial charge in [-0.25, -0.2) is 13.1 Å². The van der Waals surface area contributed by atoms with E-state index < -0.39 is 10.0 Å². The number of sulfonamides is 1. The third-order valence-electron chi connectivity index (χ3n) is 3.61. The lowest BCUT2D eigenvalue weighted by atomic mass is 10.2. The van der Waals surface area contributed by atoms with E-state index in [2.05, 4.69) is 4.72 Å². The highest BCUT2D eigenvalue weighted by Gasteiger charge is 2.34. The van der Waals surface area contributed by atoms with Crippen molar-refractivity contribution in [1.82, 2.24) is 9.62 Å². The molecular weight excluding hydrogens is 268 g/mol. The summed E-state index contributed by atoms with van der Waals surface area (Å²) in [5, 5.41) is 0. The maximum atomic E-state index is 12.0. The molecule has 2 unspecified atom stereocenters. The summed E-state index contributed by atoms with van der Waals surface area (Å²) < 4.78 is 31.9. The molecule has 0 saturated carbocycles. The topological polar surface area (TPSA) is 75.7 Å². The van der Waals surface area contributed by atoms with Crippen LogP contribution in [0.4, 0.5) is 0 Å². The number of likely N-dealkylation sites (tertiary alicyclic amines) is 1. The highest BCUT2D eigenvalue weighted by Crippen LogP contribution is 2.17. The van der Waals surface area contributed by atoms with E-state index in [9.17, 15) is 13.2 Å². The van der Waals surface area contributed by atoms with Crippen molar-refractivity contribution in [3.63, 3.8) is 0 Å². The molecule has 19 heavy (non-hydrogen) atoms. The number of nitrogens with zero attached hydrogens (tertiary/aromatic N) is 1. The molecule has 0 spiro atoms. The summed E-state index contributed by atoms with van der Waals surface area (Å²) >= 11 is 0. The zero-order chi connectivity index (χ0) is 14.0. The molecule has 0 radical (unpaired) electrons. The molecule has 6 nitrogen and oxygen atoms in total. The molecule has 1 amide bonds. The third kappa shape index (κ3) is 3.90. The van der Waals surface area contributed by atoms with Gasteiger partial charge < -0.3 is 9.64 Å². The monoisotopic (exact) mass is 290 g/mol. The average molecular weight is 290 g/mol. The van der Waals surface area contributed by atoms with Gasteiger partial charge in [-0.15, -0.1) is 0 Å². The number of hydrogen-bond acceptors (Lipinski definition) is 4. The lowest BCUT2D eigenvalue weighted by Gasteiger charge is -2.21. The van der Waals surface area contributed by atoms with E-state index >= 15 is 0 Å². The van der Waals surface area contributed by atoms with Gasteiger partial charge >= 0.3 is 0 Å². The minimum atomic E-state index is -3.33. The van der Waals surface area contributed by atoms with E-state index in [4.69, 9.17) is 4.74 Å². The summed E-state index contributed by atoms with van der Waals surface area (Å²) in [6.07, 6.45) is 1.06. The minimum Gasteiger partial charge on any atom is -0.381 e. The van der Waals surface area contributed by atoms with Crippen molar-refractivity contribution in [3.8, 4) is 0 Å². The standard InChI is InChI=1S/C12H22N2O4S/c1-9(2)14-6-11(5-12(14)15)13-19(16,17)8-10-3-4-18-7-10/h9-11,13H,3-8H2,1-2H3. The molecule has 110 valence electrons. The third-order valence-corrected chi connectivity index (χ3v) is 5.21. The van der Waals surface area contributed by atoms with Crippen LogP contribution in [0.5, 0.6) is 0 Å². The molecule has 0 aromatic carbocycles. The summed E-state index contributed by atoms with van der Waals surface area (Å²) in [5.41, 5.74) is 0. The number of rotatable bonds is 5. The SMILES string of the molecule is CC(C)N1CC(NS(=O)(=O)CC2CCOC2)CC1=O. The van der Waals surface area contributed by atoms with Gasteiger partial charge in [-0.1, -0.05) is 0 Å². The van der Waals surface area contributed by atoms with Crippen LogP contribution < -0.4 is 4.72 Å². The number of nitrogens with one attached hydrogen (secondary N) is 1. The zero-order valence-electron chi connectivity index (χ0n) is 11.5. The van der Waals surface area contributed by atoms with Crippen LogP contribution in [0.1, 0.15) is 26.7 Å². The second-order valence-corrected chi connectivity index (χ2v) is 7.47. The highest BCUT2D eigenvalue weighted by molar-refractivity contribution is 7.89. The van der Waals surface area contributed by atoms with Gasteiger partial charge in [0.2, 0.25) is 15.9 Å². The second kappa shape index (κ2) is 5.76. The largest absolute Gasteiger partial charge is 0.381 e. The van der Waals surface area contributed by atoms with E-state index in [-0.39, 0.29) is 36.1 Å². The molecule has 0 bridgehead atoms. The Hall–Kier alpha value is -0.660.